The Labute approximate surface area is 188 Å². The van der Waals surface area contributed by atoms with Gasteiger partial charge in [0.15, 0.2) is 0 Å². The SMILES string of the molecule is CC1CCCCC1NC(=O)Cn1nc2c(cc1=O)CCc1nc(N3CCCCC3)ncc1-2. The zero-order valence-corrected chi connectivity index (χ0v) is 18.8. The molecule has 2 aromatic heterocycles. The number of piperidine rings is 1. The van der Waals surface area contributed by atoms with Gasteiger partial charge in [-0.25, -0.2) is 14.6 Å². The number of nitrogens with one attached hydrogen (secondary N) is 1. The van der Waals surface area contributed by atoms with Crippen LogP contribution in [0.5, 0.6) is 0 Å². The molecule has 1 saturated heterocycles. The second-order valence-corrected chi connectivity index (χ2v) is 9.53. The molecule has 2 unspecified atom stereocenters. The lowest BCUT2D eigenvalue weighted by Crippen LogP contribution is -2.44. The molecule has 0 spiro atoms. The minimum absolute atomic E-state index is 0.0581. The van der Waals surface area contributed by atoms with Crippen molar-refractivity contribution in [3.05, 3.63) is 33.9 Å². The van der Waals surface area contributed by atoms with Crippen molar-refractivity contribution in [1.82, 2.24) is 25.1 Å². The average Bonchev–Trinajstić information content (AvgIpc) is 2.81. The first kappa shape index (κ1) is 21.1. The second kappa shape index (κ2) is 9.00. The molecular weight excluding hydrogens is 404 g/mol. The summed E-state index contributed by atoms with van der Waals surface area (Å²) in [5.74, 6) is 1.12. The van der Waals surface area contributed by atoms with Gasteiger partial charge < -0.3 is 10.2 Å². The number of nitrogens with zero attached hydrogens (tertiary/aromatic N) is 5. The molecule has 5 rings (SSSR count). The summed E-state index contributed by atoms with van der Waals surface area (Å²) >= 11 is 0. The van der Waals surface area contributed by atoms with E-state index in [9.17, 15) is 9.59 Å². The van der Waals surface area contributed by atoms with Crippen LogP contribution in [0.25, 0.3) is 11.3 Å². The van der Waals surface area contributed by atoms with Crippen molar-refractivity contribution in [2.45, 2.75) is 77.3 Å². The van der Waals surface area contributed by atoms with Gasteiger partial charge in [-0.2, -0.15) is 5.10 Å². The number of anilines is 1. The Balaban J connectivity index is 1.37. The van der Waals surface area contributed by atoms with Gasteiger partial charge in [0.1, 0.15) is 6.54 Å². The predicted molar refractivity (Wildman–Crippen MR) is 123 cm³/mol. The molecule has 0 aromatic carbocycles. The van der Waals surface area contributed by atoms with E-state index in [4.69, 9.17) is 4.98 Å². The van der Waals surface area contributed by atoms with Gasteiger partial charge in [0.25, 0.3) is 5.56 Å². The van der Waals surface area contributed by atoms with Crippen molar-refractivity contribution in [3.8, 4) is 11.3 Å². The van der Waals surface area contributed by atoms with Crippen LogP contribution in [0.4, 0.5) is 5.95 Å². The number of amides is 1. The van der Waals surface area contributed by atoms with E-state index in [1.807, 2.05) is 6.20 Å². The van der Waals surface area contributed by atoms with E-state index in [2.05, 4.69) is 27.2 Å². The summed E-state index contributed by atoms with van der Waals surface area (Å²) in [5, 5.41) is 7.72. The third kappa shape index (κ3) is 4.27. The highest BCUT2D eigenvalue weighted by Crippen LogP contribution is 2.31. The first-order chi connectivity index (χ1) is 15.6. The van der Waals surface area contributed by atoms with E-state index < -0.39 is 0 Å². The Kier molecular flexibility index (Phi) is 5.93. The highest BCUT2D eigenvalue weighted by molar-refractivity contribution is 5.76. The zero-order valence-electron chi connectivity index (χ0n) is 18.8. The maximum Gasteiger partial charge on any atom is 0.267 e. The lowest BCUT2D eigenvalue weighted by molar-refractivity contribution is -0.123. The second-order valence-electron chi connectivity index (χ2n) is 9.53. The van der Waals surface area contributed by atoms with Crippen molar-refractivity contribution in [3.63, 3.8) is 0 Å². The molecule has 1 aliphatic heterocycles. The molecule has 2 aromatic rings. The molecule has 8 nitrogen and oxygen atoms in total. The molecule has 1 N–H and O–H groups in total. The topological polar surface area (TPSA) is 93.0 Å². The monoisotopic (exact) mass is 436 g/mol. The summed E-state index contributed by atoms with van der Waals surface area (Å²) in [6.45, 7) is 4.13. The van der Waals surface area contributed by atoms with Crippen LogP contribution in [-0.2, 0) is 24.2 Å². The minimum atomic E-state index is -0.232. The number of carbonyl (C=O) groups excluding carboxylic acids is 1. The molecule has 2 fully saturated rings. The van der Waals surface area contributed by atoms with Crippen molar-refractivity contribution in [2.75, 3.05) is 18.0 Å². The van der Waals surface area contributed by atoms with E-state index in [0.717, 1.165) is 73.7 Å². The van der Waals surface area contributed by atoms with Gasteiger partial charge in [-0.3, -0.25) is 9.59 Å². The molecular formula is C24H32N6O2. The Morgan fingerprint density at radius 3 is 2.75 bits per heavy atom. The van der Waals surface area contributed by atoms with Gasteiger partial charge >= 0.3 is 0 Å². The molecule has 32 heavy (non-hydrogen) atoms. The summed E-state index contributed by atoms with van der Waals surface area (Å²) < 4.78 is 1.29. The van der Waals surface area contributed by atoms with Crippen LogP contribution >= 0.6 is 0 Å². The van der Waals surface area contributed by atoms with Crippen molar-refractivity contribution >= 4 is 11.9 Å². The summed E-state index contributed by atoms with van der Waals surface area (Å²) in [4.78, 5) is 37.0. The van der Waals surface area contributed by atoms with Crippen LogP contribution in [0.2, 0.25) is 0 Å². The molecule has 2 atom stereocenters. The average molecular weight is 437 g/mol. The fourth-order valence-corrected chi connectivity index (χ4v) is 5.27. The lowest BCUT2D eigenvalue weighted by atomic mass is 9.86. The Hall–Kier alpha value is -2.77. The molecule has 3 heterocycles. The van der Waals surface area contributed by atoms with E-state index in [0.29, 0.717) is 5.92 Å². The zero-order chi connectivity index (χ0) is 22.1. The third-order valence-corrected chi connectivity index (χ3v) is 7.21. The molecule has 3 aliphatic rings. The summed E-state index contributed by atoms with van der Waals surface area (Å²) in [5.41, 5.74) is 3.27. The number of carbonyl (C=O) groups is 1. The van der Waals surface area contributed by atoms with Crippen LogP contribution in [0.1, 0.15) is 63.1 Å². The molecule has 1 amide bonds. The van der Waals surface area contributed by atoms with Crippen molar-refractivity contribution < 1.29 is 4.79 Å². The number of aryl methyl sites for hydroxylation is 2. The lowest BCUT2D eigenvalue weighted by Gasteiger charge is -2.29. The first-order valence-electron chi connectivity index (χ1n) is 12.1. The van der Waals surface area contributed by atoms with E-state index in [-0.39, 0.29) is 24.1 Å². The van der Waals surface area contributed by atoms with Crippen LogP contribution in [-0.4, -0.2) is 44.8 Å². The number of hydrogen-bond acceptors (Lipinski definition) is 6. The summed E-state index contributed by atoms with van der Waals surface area (Å²) in [6, 6.07) is 1.81. The quantitative estimate of drug-likeness (QED) is 0.792. The molecule has 170 valence electrons. The van der Waals surface area contributed by atoms with Crippen molar-refractivity contribution in [2.24, 2.45) is 5.92 Å². The van der Waals surface area contributed by atoms with E-state index >= 15 is 0 Å². The molecule has 1 saturated carbocycles. The first-order valence-corrected chi connectivity index (χ1v) is 12.1. The largest absolute Gasteiger partial charge is 0.351 e. The highest BCUT2D eigenvalue weighted by Gasteiger charge is 2.25. The van der Waals surface area contributed by atoms with Crippen LogP contribution < -0.4 is 15.8 Å². The number of hydrogen-bond donors (Lipinski definition) is 1. The molecule has 0 radical (unpaired) electrons. The number of fused-ring (bicyclic) bond motifs is 3. The maximum absolute atomic E-state index is 12.7. The normalized spacial score (nSPS) is 22.7. The highest BCUT2D eigenvalue weighted by atomic mass is 16.2. The van der Waals surface area contributed by atoms with E-state index in [1.165, 1.54) is 30.4 Å². The van der Waals surface area contributed by atoms with Crippen LogP contribution in [0.3, 0.4) is 0 Å². The van der Waals surface area contributed by atoms with Crippen LogP contribution in [0.15, 0.2) is 17.1 Å². The van der Waals surface area contributed by atoms with Crippen LogP contribution in [0, 0.1) is 5.92 Å². The number of rotatable bonds is 4. The molecule has 8 heteroatoms. The summed E-state index contributed by atoms with van der Waals surface area (Å²) in [6.07, 6.45) is 11.5. The standard InChI is InChI=1S/C24H32N6O2/c1-16-7-3-4-8-19(16)26-21(31)15-30-22(32)13-17-9-10-20-18(23(17)28-30)14-25-24(27-20)29-11-5-2-6-12-29/h13-14,16,19H,2-12,15H2,1H3,(H,26,31). The van der Waals surface area contributed by atoms with Gasteiger partial charge in [0.05, 0.1) is 11.4 Å². The van der Waals surface area contributed by atoms with Gasteiger partial charge in [-0.15, -0.1) is 0 Å². The van der Waals surface area contributed by atoms with Gasteiger partial charge in [-0.1, -0.05) is 19.8 Å². The van der Waals surface area contributed by atoms with E-state index in [1.54, 1.807) is 6.07 Å². The van der Waals surface area contributed by atoms with Gasteiger partial charge in [0, 0.05) is 37.0 Å². The Morgan fingerprint density at radius 1 is 1.12 bits per heavy atom. The molecule has 2 aliphatic carbocycles. The Morgan fingerprint density at radius 2 is 1.94 bits per heavy atom. The smallest absolute Gasteiger partial charge is 0.267 e. The van der Waals surface area contributed by atoms with Gasteiger partial charge in [-0.05, 0) is 56.4 Å². The fourth-order valence-electron chi connectivity index (χ4n) is 5.27. The molecule has 0 bridgehead atoms. The minimum Gasteiger partial charge on any atom is -0.351 e. The maximum atomic E-state index is 12.7. The summed E-state index contributed by atoms with van der Waals surface area (Å²) in [7, 11) is 0. The third-order valence-electron chi connectivity index (χ3n) is 7.21. The Bertz CT molecular complexity index is 1060. The number of aromatic nitrogens is 4. The fraction of sp³-hybridized carbons (Fsp3) is 0.625. The van der Waals surface area contributed by atoms with Gasteiger partial charge in [0.2, 0.25) is 11.9 Å². The predicted octanol–water partition coefficient (Wildman–Crippen LogP) is 2.48. The van der Waals surface area contributed by atoms with Crippen molar-refractivity contribution in [1.29, 1.82) is 0 Å².